The van der Waals surface area contributed by atoms with Crippen LogP contribution in [0.5, 0.6) is 0 Å². The monoisotopic (exact) mass is 865 g/mol. The van der Waals surface area contributed by atoms with E-state index in [4.69, 9.17) is 23.7 Å². The molecule has 3 aromatic carbocycles. The number of amides is 1. The van der Waals surface area contributed by atoms with Crippen LogP contribution in [-0.2, 0) is 49.3 Å². The van der Waals surface area contributed by atoms with E-state index in [2.05, 4.69) is 5.32 Å². The van der Waals surface area contributed by atoms with Crippen molar-refractivity contribution in [1.29, 1.82) is 0 Å². The van der Waals surface area contributed by atoms with Crippen molar-refractivity contribution in [3.63, 3.8) is 0 Å². The summed E-state index contributed by atoms with van der Waals surface area (Å²) in [5, 5.41) is 41.2. The molecule has 0 spiro atoms. The summed E-state index contributed by atoms with van der Waals surface area (Å²) in [5.74, 6) is -6.75. The third-order valence-corrected chi connectivity index (χ3v) is 14.4. The fraction of sp³-hybridized carbons (Fsp3) is 0.458. The van der Waals surface area contributed by atoms with Crippen molar-refractivity contribution in [3.8, 4) is 0 Å². The Morgan fingerprint density at radius 3 is 2.03 bits per heavy atom. The summed E-state index contributed by atoms with van der Waals surface area (Å²) in [4.78, 5) is 84.3. The number of nitrogens with one attached hydrogen (secondary N) is 1. The van der Waals surface area contributed by atoms with Gasteiger partial charge in [0.1, 0.15) is 23.9 Å². The van der Waals surface area contributed by atoms with Crippen LogP contribution in [0.25, 0.3) is 0 Å². The van der Waals surface area contributed by atoms with Crippen molar-refractivity contribution in [2.45, 2.75) is 114 Å². The van der Waals surface area contributed by atoms with Crippen LogP contribution in [0.15, 0.2) is 96.1 Å². The molecular formula is C48H51NO14. The third-order valence-electron chi connectivity index (χ3n) is 14.4. The summed E-state index contributed by atoms with van der Waals surface area (Å²) >= 11 is 0. The zero-order valence-corrected chi connectivity index (χ0v) is 35.8. The van der Waals surface area contributed by atoms with E-state index in [1.165, 1.54) is 19.1 Å². The van der Waals surface area contributed by atoms with E-state index in [1.54, 1.807) is 93.6 Å². The molecule has 1 saturated heterocycles. The Kier molecular flexibility index (Phi) is 10.8. The number of rotatable bonds is 8. The van der Waals surface area contributed by atoms with Crippen LogP contribution in [-0.4, -0.2) is 105 Å². The largest absolute Gasteiger partial charge is 0.456 e. The molecule has 4 N–H and O–H groups in total. The Bertz CT molecular complexity index is 2420. The van der Waals surface area contributed by atoms with Crippen LogP contribution >= 0.6 is 0 Å². The van der Waals surface area contributed by atoms with Gasteiger partial charge in [-0.05, 0) is 60.4 Å². The first-order valence-corrected chi connectivity index (χ1v) is 21.0. The normalized spacial score (nSPS) is 34.9. The molecule has 2 bridgehead atoms. The van der Waals surface area contributed by atoms with Crippen LogP contribution in [0.1, 0.15) is 92.3 Å². The molecule has 0 radical (unpaired) electrons. The minimum absolute atomic E-state index is 0.00559. The highest BCUT2D eigenvalue weighted by atomic mass is 16.6. The van der Waals surface area contributed by atoms with Gasteiger partial charge in [0.05, 0.1) is 35.6 Å². The highest BCUT2D eigenvalue weighted by Gasteiger charge is 2.78. The van der Waals surface area contributed by atoms with Crippen molar-refractivity contribution in [1.82, 2.24) is 5.32 Å². The van der Waals surface area contributed by atoms with E-state index in [9.17, 15) is 39.3 Å². The average molecular weight is 866 g/mol. The van der Waals surface area contributed by atoms with Crippen LogP contribution in [0.3, 0.4) is 0 Å². The number of hydrogen-bond acceptors (Lipinski definition) is 14. The second-order valence-electron chi connectivity index (χ2n) is 18.2. The smallest absolute Gasteiger partial charge is 0.341 e. The van der Waals surface area contributed by atoms with Gasteiger partial charge in [-0.2, -0.15) is 0 Å². The van der Waals surface area contributed by atoms with Gasteiger partial charge in [0.15, 0.2) is 23.1 Å². The highest BCUT2D eigenvalue weighted by molar-refractivity contribution is 5.97. The number of hydrogen-bond donors (Lipinski definition) is 4. The Balaban J connectivity index is 1.29. The maximum Gasteiger partial charge on any atom is 0.341 e. The van der Waals surface area contributed by atoms with Gasteiger partial charge in [-0.1, -0.05) is 74.5 Å². The number of benzene rings is 3. The lowest BCUT2D eigenvalue weighted by molar-refractivity contribution is -0.346. The lowest BCUT2D eigenvalue weighted by Crippen LogP contribution is -2.82. The van der Waals surface area contributed by atoms with E-state index >= 15 is 4.79 Å². The number of carbonyl (C=O) groups excluding carboxylic acids is 6. The molecule has 332 valence electrons. The number of aliphatic hydroxyl groups is 3. The molecule has 63 heavy (non-hydrogen) atoms. The summed E-state index contributed by atoms with van der Waals surface area (Å²) in [6.45, 7) is 8.04. The Morgan fingerprint density at radius 2 is 1.43 bits per heavy atom. The minimum atomic E-state index is -2.40. The molecule has 4 aliphatic carbocycles. The third kappa shape index (κ3) is 6.70. The second kappa shape index (κ2) is 15.5. The number of ketones is 1. The van der Waals surface area contributed by atoms with E-state index in [1.807, 2.05) is 0 Å². The summed E-state index contributed by atoms with van der Waals surface area (Å²) < 4.78 is 30.6. The first kappa shape index (κ1) is 43.9. The van der Waals surface area contributed by atoms with E-state index in [0.717, 1.165) is 13.8 Å². The number of ether oxygens (including phenoxy) is 5. The Labute approximate surface area is 363 Å². The van der Waals surface area contributed by atoms with Gasteiger partial charge in [-0.25, -0.2) is 9.59 Å². The first-order chi connectivity index (χ1) is 29.7. The predicted molar refractivity (Wildman–Crippen MR) is 220 cm³/mol. The second-order valence-corrected chi connectivity index (χ2v) is 18.2. The van der Waals surface area contributed by atoms with Crippen molar-refractivity contribution in [2.24, 2.45) is 16.7 Å². The van der Waals surface area contributed by atoms with Crippen LogP contribution in [0, 0.1) is 16.7 Å². The summed E-state index contributed by atoms with van der Waals surface area (Å²) in [6.07, 6.45) is -8.74. The van der Waals surface area contributed by atoms with Gasteiger partial charge in [-0.3, -0.25) is 19.2 Å². The Hall–Kier alpha value is -5.74. The minimum Gasteiger partial charge on any atom is -0.456 e. The summed E-state index contributed by atoms with van der Waals surface area (Å²) in [6, 6.07) is 21.7. The van der Waals surface area contributed by atoms with Gasteiger partial charge >= 0.3 is 23.9 Å². The highest BCUT2D eigenvalue weighted by Crippen LogP contribution is 2.64. The van der Waals surface area contributed by atoms with E-state index in [-0.39, 0.29) is 41.7 Å². The summed E-state index contributed by atoms with van der Waals surface area (Å²) in [7, 11) is 0. The Morgan fingerprint density at radius 1 is 0.810 bits per heavy atom. The average Bonchev–Trinajstić information content (AvgIpc) is 3.53. The zero-order valence-electron chi connectivity index (χ0n) is 35.8. The lowest BCUT2D eigenvalue weighted by Gasteiger charge is -2.67. The molecule has 5 aliphatic rings. The molecule has 3 aromatic rings. The SMILES string of the molecule is CC(=O)O[C@H]1C(=O)[C@@]2(C)[C@H]([C@H](OC(=O)c3ccccc3)[C@]3(O)C[C@H](OC(=O)[C@@]4(O)Cc5ccccc5[C@@H]4NC(=O)c4ccccc4)C(C)=C1C3(C)C)[C@]1(OC(C)=O)CO[C@@H]1C[C@@H]2O. The fourth-order valence-electron chi connectivity index (χ4n) is 11.1. The quantitative estimate of drug-likeness (QED) is 0.144. The topological polar surface area (TPSA) is 221 Å². The molecule has 2 saturated carbocycles. The molecule has 1 aliphatic heterocycles. The molecule has 1 heterocycles. The number of fused-ring (bicyclic) bond motifs is 6. The molecule has 0 aromatic heterocycles. The maximum absolute atomic E-state index is 15.6. The van der Waals surface area contributed by atoms with Crippen molar-refractivity contribution in [2.75, 3.05) is 6.61 Å². The van der Waals surface area contributed by atoms with E-state index in [0.29, 0.717) is 11.1 Å². The van der Waals surface area contributed by atoms with E-state index < -0.39 is 112 Å². The molecule has 15 nitrogen and oxygen atoms in total. The lowest BCUT2D eigenvalue weighted by atomic mass is 9.44. The molecule has 8 rings (SSSR count). The summed E-state index contributed by atoms with van der Waals surface area (Å²) in [5.41, 5.74) is -8.71. The molecule has 11 atom stereocenters. The van der Waals surface area contributed by atoms with Crippen LogP contribution in [0.2, 0.25) is 0 Å². The van der Waals surface area contributed by atoms with Gasteiger partial charge < -0.3 is 44.3 Å². The van der Waals surface area contributed by atoms with Crippen molar-refractivity contribution < 1.29 is 67.8 Å². The predicted octanol–water partition coefficient (Wildman–Crippen LogP) is 3.66. The number of esters is 4. The maximum atomic E-state index is 15.6. The van der Waals surface area contributed by atoms with Gasteiger partial charge in [0.2, 0.25) is 0 Å². The van der Waals surface area contributed by atoms with Gasteiger partial charge in [-0.15, -0.1) is 0 Å². The molecular weight excluding hydrogens is 815 g/mol. The van der Waals surface area contributed by atoms with Gasteiger partial charge in [0.25, 0.3) is 5.91 Å². The molecule has 3 fully saturated rings. The van der Waals surface area contributed by atoms with Crippen molar-refractivity contribution >= 4 is 35.6 Å². The van der Waals surface area contributed by atoms with Crippen molar-refractivity contribution in [3.05, 3.63) is 118 Å². The van der Waals surface area contributed by atoms with Crippen LogP contribution in [0.4, 0.5) is 0 Å². The molecule has 1 amide bonds. The standard InChI is InChI=1S/C48H51NO14/c1-25-32(61-43(56)46(57)22-30-19-13-14-20-31(30)38(46)49-41(54)28-15-9-7-10-16-28)23-48(58)40(62-42(55)29-17-11-8-12-18-29)37-45(6,33(52)21-34-47(37,24-59-34)63-27(3)51)39(53)36(60-26(2)50)35(25)44(48,4)5/h7-20,32-34,36-38,40,52,57-58H,21-24H2,1-6H3,(H,49,54)/t32-,33-,34+,36+,37-,38-,40-,45+,46+,47-,48+/m0/s1. The first-order valence-electron chi connectivity index (χ1n) is 21.0. The number of aliphatic hydroxyl groups excluding tert-OH is 1. The molecule has 15 heteroatoms. The fourth-order valence-corrected chi connectivity index (χ4v) is 11.1. The zero-order chi connectivity index (χ0) is 45.4. The number of carbonyl (C=O) groups is 6. The van der Waals surface area contributed by atoms with Gasteiger partial charge in [0, 0.05) is 44.1 Å². The molecule has 0 unspecified atom stereocenters. The van der Waals surface area contributed by atoms with Crippen LogP contribution < -0.4 is 5.32 Å². The number of Topliss-reactive ketones (excluding diaryl/α,β-unsaturated/α-hetero) is 1.